The van der Waals surface area contributed by atoms with Crippen molar-refractivity contribution in [2.45, 2.75) is 19.8 Å². The van der Waals surface area contributed by atoms with E-state index in [2.05, 4.69) is 38.4 Å². The number of carbonyl (C=O) groups excluding carboxylic acids is 1. The zero-order valence-electron chi connectivity index (χ0n) is 14.2. The molecule has 0 aliphatic rings. The first-order valence-electron chi connectivity index (χ1n) is 8.25. The Morgan fingerprint density at radius 3 is 2.69 bits per heavy atom. The second-order valence-corrected chi connectivity index (χ2v) is 7.52. The summed E-state index contributed by atoms with van der Waals surface area (Å²) in [4.78, 5) is 12.0. The summed E-state index contributed by atoms with van der Waals surface area (Å²) in [6.07, 6.45) is 1.86. The second-order valence-electron chi connectivity index (χ2n) is 5.60. The van der Waals surface area contributed by atoms with E-state index >= 15 is 0 Å². The highest BCUT2D eigenvalue weighted by Crippen LogP contribution is 2.30. The molecular formula is C19H18BrN3O2S. The molecular weight excluding hydrogens is 414 g/mol. The fourth-order valence-corrected chi connectivity index (χ4v) is 3.70. The van der Waals surface area contributed by atoms with Crippen LogP contribution in [0.5, 0.6) is 5.75 Å². The third kappa shape index (κ3) is 4.89. The van der Waals surface area contributed by atoms with Crippen LogP contribution >= 0.6 is 27.3 Å². The summed E-state index contributed by atoms with van der Waals surface area (Å²) in [6, 6.07) is 15.9. The molecule has 1 N–H and O–H groups in total. The van der Waals surface area contributed by atoms with E-state index in [1.54, 1.807) is 0 Å². The van der Waals surface area contributed by atoms with Gasteiger partial charge in [0.1, 0.15) is 10.8 Å². The van der Waals surface area contributed by atoms with Gasteiger partial charge >= 0.3 is 0 Å². The van der Waals surface area contributed by atoms with E-state index < -0.39 is 0 Å². The minimum absolute atomic E-state index is 0.0913. The Hall–Kier alpha value is -2.25. The zero-order chi connectivity index (χ0) is 18.4. The van der Waals surface area contributed by atoms with Crippen molar-refractivity contribution in [2.24, 2.45) is 0 Å². The molecule has 7 heteroatoms. The van der Waals surface area contributed by atoms with Crippen LogP contribution in [0, 0.1) is 0 Å². The van der Waals surface area contributed by atoms with Crippen LogP contribution in [0.2, 0.25) is 0 Å². The molecule has 3 aromatic rings. The monoisotopic (exact) mass is 431 g/mol. The number of amides is 1. The first-order chi connectivity index (χ1) is 12.7. The van der Waals surface area contributed by atoms with Crippen molar-refractivity contribution in [3.63, 3.8) is 0 Å². The Morgan fingerprint density at radius 2 is 1.96 bits per heavy atom. The first kappa shape index (κ1) is 18.5. The number of benzene rings is 2. The fraction of sp³-hybridized carbons (Fsp3) is 0.211. The van der Waals surface area contributed by atoms with Crippen molar-refractivity contribution >= 4 is 38.3 Å². The largest absolute Gasteiger partial charge is 0.483 e. The predicted octanol–water partition coefficient (Wildman–Crippen LogP) is 4.94. The number of aryl methyl sites for hydroxylation is 1. The van der Waals surface area contributed by atoms with Gasteiger partial charge in [0.2, 0.25) is 5.13 Å². The smallest absolute Gasteiger partial charge is 0.264 e. The summed E-state index contributed by atoms with van der Waals surface area (Å²) in [5, 5.41) is 12.1. The Labute approximate surface area is 164 Å². The van der Waals surface area contributed by atoms with Crippen LogP contribution in [0.1, 0.15) is 18.4 Å². The Morgan fingerprint density at radius 1 is 1.15 bits per heavy atom. The second kappa shape index (κ2) is 8.91. The third-order valence-electron chi connectivity index (χ3n) is 3.57. The zero-order valence-corrected chi connectivity index (χ0v) is 16.6. The highest BCUT2D eigenvalue weighted by atomic mass is 79.9. The van der Waals surface area contributed by atoms with Gasteiger partial charge in [0, 0.05) is 6.42 Å². The van der Waals surface area contributed by atoms with E-state index in [-0.39, 0.29) is 12.5 Å². The lowest BCUT2D eigenvalue weighted by Gasteiger charge is -2.09. The van der Waals surface area contributed by atoms with E-state index in [1.807, 2.05) is 48.5 Å². The standard InChI is InChI=1S/C19H18BrN3O2S/c1-2-6-18-22-23-19(26-18)21-17(24)12-25-16-10-9-14(11-15(16)20)13-7-4-3-5-8-13/h3-5,7-11H,2,6,12H2,1H3,(H,21,23,24). The van der Waals surface area contributed by atoms with Crippen LogP contribution in [0.15, 0.2) is 53.0 Å². The minimum atomic E-state index is -0.261. The number of ether oxygens (including phenoxy) is 1. The maximum Gasteiger partial charge on any atom is 0.264 e. The van der Waals surface area contributed by atoms with Gasteiger partial charge in [-0.15, -0.1) is 10.2 Å². The summed E-state index contributed by atoms with van der Waals surface area (Å²) in [5.41, 5.74) is 2.20. The van der Waals surface area contributed by atoms with Crippen LogP contribution in [-0.2, 0) is 11.2 Å². The lowest BCUT2D eigenvalue weighted by molar-refractivity contribution is -0.118. The van der Waals surface area contributed by atoms with Crippen LogP contribution < -0.4 is 10.1 Å². The SMILES string of the molecule is CCCc1nnc(NC(=O)COc2ccc(-c3ccccc3)cc2Br)s1. The molecule has 0 atom stereocenters. The van der Waals surface area contributed by atoms with E-state index in [1.165, 1.54) is 11.3 Å². The molecule has 2 aromatic carbocycles. The number of rotatable bonds is 7. The average molecular weight is 432 g/mol. The van der Waals surface area contributed by atoms with E-state index in [0.717, 1.165) is 33.4 Å². The van der Waals surface area contributed by atoms with Crippen molar-refractivity contribution in [3.05, 3.63) is 58.0 Å². The van der Waals surface area contributed by atoms with Gasteiger partial charge in [-0.05, 0) is 45.6 Å². The van der Waals surface area contributed by atoms with Crippen LogP contribution in [0.25, 0.3) is 11.1 Å². The van der Waals surface area contributed by atoms with Crippen LogP contribution in [0.4, 0.5) is 5.13 Å². The Bertz CT molecular complexity index is 884. The molecule has 0 spiro atoms. The summed E-state index contributed by atoms with van der Waals surface area (Å²) in [5.74, 6) is 0.354. The molecule has 0 aliphatic carbocycles. The molecule has 1 aromatic heterocycles. The molecule has 0 aliphatic heterocycles. The van der Waals surface area contributed by atoms with Crippen molar-refractivity contribution in [1.29, 1.82) is 0 Å². The lowest BCUT2D eigenvalue weighted by Crippen LogP contribution is -2.20. The topological polar surface area (TPSA) is 64.1 Å². The highest BCUT2D eigenvalue weighted by molar-refractivity contribution is 9.10. The minimum Gasteiger partial charge on any atom is -0.483 e. The van der Waals surface area contributed by atoms with Crippen molar-refractivity contribution in [3.8, 4) is 16.9 Å². The number of anilines is 1. The quantitative estimate of drug-likeness (QED) is 0.575. The molecule has 1 amide bonds. The predicted molar refractivity (Wildman–Crippen MR) is 108 cm³/mol. The normalized spacial score (nSPS) is 10.5. The van der Waals surface area contributed by atoms with Gasteiger partial charge in [-0.1, -0.05) is 54.7 Å². The summed E-state index contributed by atoms with van der Waals surface area (Å²) in [6.45, 7) is 1.99. The van der Waals surface area contributed by atoms with Crippen molar-refractivity contribution in [2.75, 3.05) is 11.9 Å². The molecule has 3 rings (SSSR count). The number of nitrogens with one attached hydrogen (secondary N) is 1. The molecule has 0 radical (unpaired) electrons. The van der Waals surface area contributed by atoms with Gasteiger partial charge in [0.15, 0.2) is 6.61 Å². The molecule has 0 saturated heterocycles. The fourth-order valence-electron chi connectivity index (χ4n) is 2.35. The van der Waals surface area contributed by atoms with Gasteiger partial charge < -0.3 is 4.74 Å². The number of carbonyl (C=O) groups is 1. The van der Waals surface area contributed by atoms with Gasteiger partial charge in [-0.3, -0.25) is 10.1 Å². The Balaban J connectivity index is 1.57. The van der Waals surface area contributed by atoms with E-state index in [9.17, 15) is 4.79 Å². The molecule has 0 unspecified atom stereocenters. The molecule has 134 valence electrons. The summed E-state index contributed by atoms with van der Waals surface area (Å²) >= 11 is 4.90. The van der Waals surface area contributed by atoms with Crippen LogP contribution in [0.3, 0.4) is 0 Å². The molecule has 26 heavy (non-hydrogen) atoms. The first-order valence-corrected chi connectivity index (χ1v) is 9.86. The molecule has 0 bridgehead atoms. The molecule has 0 saturated carbocycles. The number of hydrogen-bond donors (Lipinski definition) is 1. The molecule has 1 heterocycles. The van der Waals surface area contributed by atoms with Crippen LogP contribution in [-0.4, -0.2) is 22.7 Å². The average Bonchev–Trinajstić information content (AvgIpc) is 3.08. The Kier molecular flexibility index (Phi) is 6.35. The molecule has 0 fully saturated rings. The van der Waals surface area contributed by atoms with Gasteiger partial charge in [0.05, 0.1) is 4.47 Å². The number of hydrogen-bond acceptors (Lipinski definition) is 5. The maximum absolute atomic E-state index is 12.0. The highest BCUT2D eigenvalue weighted by Gasteiger charge is 2.10. The van der Waals surface area contributed by atoms with Gasteiger partial charge in [0.25, 0.3) is 5.91 Å². The molecule has 5 nitrogen and oxygen atoms in total. The van der Waals surface area contributed by atoms with Crippen molar-refractivity contribution < 1.29 is 9.53 Å². The lowest BCUT2D eigenvalue weighted by atomic mass is 10.1. The summed E-state index contributed by atoms with van der Waals surface area (Å²) < 4.78 is 6.41. The maximum atomic E-state index is 12.0. The van der Waals surface area contributed by atoms with Gasteiger partial charge in [-0.25, -0.2) is 0 Å². The summed E-state index contributed by atoms with van der Waals surface area (Å²) in [7, 11) is 0. The number of halogens is 1. The third-order valence-corrected chi connectivity index (χ3v) is 5.09. The number of nitrogens with zero attached hydrogens (tertiary/aromatic N) is 2. The van der Waals surface area contributed by atoms with Crippen molar-refractivity contribution in [1.82, 2.24) is 10.2 Å². The number of aromatic nitrogens is 2. The van der Waals surface area contributed by atoms with E-state index in [0.29, 0.717) is 10.9 Å². The van der Waals surface area contributed by atoms with E-state index in [4.69, 9.17) is 4.74 Å². The van der Waals surface area contributed by atoms with Gasteiger partial charge in [-0.2, -0.15) is 0 Å².